The van der Waals surface area contributed by atoms with Gasteiger partial charge in [-0.1, -0.05) is 171 Å². The molecule has 0 radical (unpaired) electrons. The normalized spacial score (nSPS) is 14.8. The Morgan fingerprint density at radius 1 is 0.603 bits per heavy atom. The van der Waals surface area contributed by atoms with Crippen LogP contribution < -0.4 is 10.2 Å². The van der Waals surface area contributed by atoms with E-state index in [-0.39, 0.29) is 12.5 Å². The number of quaternary nitrogens is 1. The van der Waals surface area contributed by atoms with Crippen LogP contribution in [-0.2, 0) is 18.4 Å². The summed E-state index contributed by atoms with van der Waals surface area (Å²) >= 11 is 0. The van der Waals surface area contributed by atoms with Gasteiger partial charge in [0.25, 0.3) is 7.82 Å². The number of rotatable bonds is 42. The number of phosphoric ester groups is 1. The molecular weight excluding hydrogens is 744 g/mol. The number of phosphoric acid groups is 1. The maximum atomic E-state index is 12.9. The summed E-state index contributed by atoms with van der Waals surface area (Å²) < 4.78 is 23.2. The molecule has 0 aliphatic heterocycles. The summed E-state index contributed by atoms with van der Waals surface area (Å²) in [5.41, 5.74) is 0. The number of aliphatic hydroxyl groups is 1. The van der Waals surface area contributed by atoms with E-state index >= 15 is 0 Å². The van der Waals surface area contributed by atoms with E-state index < -0.39 is 26.6 Å². The Hall–Kier alpha value is -1.80. The number of nitrogens with one attached hydrogen (secondary N) is 1. The third kappa shape index (κ3) is 42.3. The predicted molar refractivity (Wildman–Crippen MR) is 247 cm³/mol. The zero-order valence-electron chi connectivity index (χ0n) is 38.2. The molecule has 0 rings (SSSR count). The number of allylic oxidation sites excluding steroid dienone is 9. The molecule has 0 aromatic carbocycles. The molecule has 0 aliphatic rings. The minimum absolute atomic E-state index is 0.0120. The highest BCUT2D eigenvalue weighted by molar-refractivity contribution is 7.45. The van der Waals surface area contributed by atoms with Crippen molar-refractivity contribution in [3.05, 3.63) is 60.8 Å². The van der Waals surface area contributed by atoms with Gasteiger partial charge in [0.05, 0.1) is 39.9 Å². The Bertz CT molecular complexity index is 1130. The summed E-state index contributed by atoms with van der Waals surface area (Å²) in [5, 5.41) is 13.8. The van der Waals surface area contributed by atoms with Crippen LogP contribution in [0, 0.1) is 0 Å². The van der Waals surface area contributed by atoms with E-state index in [4.69, 9.17) is 9.05 Å². The second-order valence-corrected chi connectivity index (χ2v) is 18.5. The summed E-state index contributed by atoms with van der Waals surface area (Å²) in [6.07, 6.45) is 52.7. The fourth-order valence-corrected chi connectivity index (χ4v) is 7.11. The van der Waals surface area contributed by atoms with Gasteiger partial charge in [0.1, 0.15) is 13.2 Å². The smallest absolute Gasteiger partial charge is 0.268 e. The number of hydrogen-bond donors (Lipinski definition) is 2. The van der Waals surface area contributed by atoms with Crippen LogP contribution in [0.25, 0.3) is 0 Å². The first kappa shape index (κ1) is 56.2. The van der Waals surface area contributed by atoms with Gasteiger partial charge in [-0.25, -0.2) is 0 Å². The van der Waals surface area contributed by atoms with Gasteiger partial charge in [0.15, 0.2) is 0 Å². The van der Waals surface area contributed by atoms with Gasteiger partial charge in [-0.15, -0.1) is 0 Å². The summed E-state index contributed by atoms with van der Waals surface area (Å²) in [7, 11) is 1.22. The van der Waals surface area contributed by atoms with Crippen molar-refractivity contribution in [1.82, 2.24) is 5.32 Å². The number of hydrogen-bond acceptors (Lipinski definition) is 6. The van der Waals surface area contributed by atoms with E-state index in [0.29, 0.717) is 17.4 Å². The second-order valence-electron chi connectivity index (χ2n) is 17.1. The van der Waals surface area contributed by atoms with Crippen LogP contribution in [0.5, 0.6) is 0 Å². The maximum Gasteiger partial charge on any atom is 0.268 e. The Balaban J connectivity index is 4.42. The number of aliphatic hydroxyl groups excluding tert-OH is 1. The molecule has 0 aromatic rings. The SMILES string of the molecule is CCCCCCC/C=C\C/C=C\CCCCCCCCCCCC(=O)NC(COP(=O)([O-])OCC[N+](C)(C)C)C(O)/C=C/CC/C=C/CC/C=C/CCCCCCC. The van der Waals surface area contributed by atoms with E-state index in [1.54, 1.807) is 6.08 Å². The lowest BCUT2D eigenvalue weighted by atomic mass is 10.1. The molecule has 0 fully saturated rings. The second kappa shape index (κ2) is 40.6. The minimum atomic E-state index is -4.60. The van der Waals surface area contributed by atoms with Crippen LogP contribution in [0.1, 0.15) is 194 Å². The molecule has 3 atom stereocenters. The Morgan fingerprint density at radius 2 is 1.02 bits per heavy atom. The number of carbonyl (C=O) groups is 1. The van der Waals surface area contributed by atoms with E-state index in [1.165, 1.54) is 122 Å². The number of amides is 1. The quantitative estimate of drug-likeness (QED) is 0.0274. The summed E-state index contributed by atoms with van der Waals surface area (Å²) in [6, 6.07) is -0.913. The number of unbranched alkanes of at least 4 members (excludes halogenated alkanes) is 21. The van der Waals surface area contributed by atoms with E-state index in [9.17, 15) is 19.4 Å². The van der Waals surface area contributed by atoms with Crippen LogP contribution in [0.3, 0.4) is 0 Å². The number of carbonyl (C=O) groups excluding carboxylic acids is 1. The summed E-state index contributed by atoms with van der Waals surface area (Å²) in [5.74, 6) is -0.218. The Morgan fingerprint density at radius 3 is 1.50 bits per heavy atom. The maximum absolute atomic E-state index is 12.9. The zero-order valence-corrected chi connectivity index (χ0v) is 39.1. The van der Waals surface area contributed by atoms with E-state index in [2.05, 4.69) is 67.8 Å². The summed E-state index contributed by atoms with van der Waals surface area (Å²) in [4.78, 5) is 25.3. The minimum Gasteiger partial charge on any atom is -0.756 e. The van der Waals surface area contributed by atoms with Gasteiger partial charge in [-0.3, -0.25) is 9.36 Å². The molecule has 8 nitrogen and oxygen atoms in total. The van der Waals surface area contributed by atoms with Crippen molar-refractivity contribution in [2.24, 2.45) is 0 Å². The lowest BCUT2D eigenvalue weighted by molar-refractivity contribution is -0.870. The molecule has 0 spiro atoms. The monoisotopic (exact) mass is 835 g/mol. The van der Waals surface area contributed by atoms with Crippen molar-refractivity contribution in [1.29, 1.82) is 0 Å². The fraction of sp³-hybridized carbons (Fsp3) is 0.776. The molecule has 0 saturated heterocycles. The molecule has 3 unspecified atom stereocenters. The number of nitrogens with zero attached hydrogens (tertiary/aromatic N) is 1. The fourth-order valence-electron chi connectivity index (χ4n) is 6.39. The number of likely N-dealkylation sites (N-methyl/N-ethyl adjacent to an activating group) is 1. The molecule has 1 amide bonds. The topological polar surface area (TPSA) is 108 Å². The molecule has 0 aliphatic carbocycles. The first-order valence-electron chi connectivity index (χ1n) is 23.7. The molecule has 9 heteroatoms. The van der Waals surface area contributed by atoms with Crippen LogP contribution >= 0.6 is 7.82 Å². The van der Waals surface area contributed by atoms with Crippen molar-refractivity contribution in [3.8, 4) is 0 Å². The third-order valence-corrected chi connectivity index (χ3v) is 11.1. The van der Waals surface area contributed by atoms with Gasteiger partial charge < -0.3 is 28.8 Å². The average molecular weight is 835 g/mol. The molecule has 0 saturated carbocycles. The largest absolute Gasteiger partial charge is 0.756 e. The first-order chi connectivity index (χ1) is 28.0. The van der Waals surface area contributed by atoms with Gasteiger partial charge in [-0.2, -0.15) is 0 Å². The molecule has 0 heterocycles. The Kier molecular flexibility index (Phi) is 39.3. The van der Waals surface area contributed by atoms with Gasteiger partial charge >= 0.3 is 0 Å². The van der Waals surface area contributed by atoms with Crippen molar-refractivity contribution in [2.45, 2.75) is 206 Å². The van der Waals surface area contributed by atoms with Crippen LogP contribution in [0.2, 0.25) is 0 Å². The standard InChI is InChI=1S/C49H91N2O6P/c1-6-8-10-12-14-16-18-20-22-23-24-25-26-27-29-31-33-35-37-39-41-43-49(53)50-47(46-57-58(54,55)56-45-44-51(3,4)5)48(52)42-40-38-36-34-32-30-28-21-19-17-15-13-11-9-7-2/h18-21,23-24,32,34,40,42,47-48,52H,6-17,22,25-31,33,35-39,41,43-46H2,1-5H3,(H-,50,53,54,55)/b20-18-,21-19+,24-23-,34-32+,42-40+. The van der Waals surface area contributed by atoms with E-state index in [1.807, 2.05) is 27.2 Å². The van der Waals surface area contributed by atoms with Gasteiger partial charge in [0.2, 0.25) is 5.91 Å². The van der Waals surface area contributed by atoms with Crippen molar-refractivity contribution >= 4 is 13.7 Å². The van der Waals surface area contributed by atoms with Crippen molar-refractivity contribution < 1.29 is 32.9 Å². The molecular formula is C49H91N2O6P. The Labute approximate surface area is 358 Å². The average Bonchev–Trinajstić information content (AvgIpc) is 3.17. The van der Waals surface area contributed by atoms with Crippen molar-refractivity contribution in [3.63, 3.8) is 0 Å². The van der Waals surface area contributed by atoms with Crippen LogP contribution in [0.4, 0.5) is 0 Å². The molecule has 0 bridgehead atoms. The lowest BCUT2D eigenvalue weighted by Crippen LogP contribution is -2.45. The van der Waals surface area contributed by atoms with Gasteiger partial charge in [0, 0.05) is 6.42 Å². The van der Waals surface area contributed by atoms with Gasteiger partial charge in [-0.05, 0) is 77.0 Å². The van der Waals surface area contributed by atoms with Crippen molar-refractivity contribution in [2.75, 3.05) is 40.9 Å². The van der Waals surface area contributed by atoms with Crippen LogP contribution in [0.15, 0.2) is 60.8 Å². The van der Waals surface area contributed by atoms with E-state index in [0.717, 1.165) is 51.4 Å². The third-order valence-electron chi connectivity index (χ3n) is 10.2. The highest BCUT2D eigenvalue weighted by Crippen LogP contribution is 2.38. The molecule has 0 aromatic heterocycles. The lowest BCUT2D eigenvalue weighted by Gasteiger charge is -2.29. The first-order valence-corrected chi connectivity index (χ1v) is 25.1. The molecule has 58 heavy (non-hydrogen) atoms. The predicted octanol–water partition coefficient (Wildman–Crippen LogP) is 12.8. The molecule has 338 valence electrons. The summed E-state index contributed by atoms with van der Waals surface area (Å²) in [6.45, 7) is 4.58. The molecule has 2 N–H and O–H groups in total. The zero-order chi connectivity index (χ0) is 42.8. The highest BCUT2D eigenvalue weighted by atomic mass is 31.2. The van der Waals surface area contributed by atoms with Crippen LogP contribution in [-0.4, -0.2) is 68.5 Å². The highest BCUT2D eigenvalue weighted by Gasteiger charge is 2.23.